The maximum absolute atomic E-state index is 11.9. The van der Waals surface area contributed by atoms with Gasteiger partial charge in [0.1, 0.15) is 11.3 Å². The van der Waals surface area contributed by atoms with Crippen LogP contribution in [-0.4, -0.2) is 30.2 Å². The molecule has 0 spiro atoms. The molecule has 5 nitrogen and oxygen atoms in total. The van der Waals surface area contributed by atoms with Crippen LogP contribution in [-0.2, 0) is 0 Å². The molecule has 2 N–H and O–H groups in total. The number of nitrogens with zero attached hydrogens (tertiary/aromatic N) is 1. The molecule has 1 aromatic heterocycles. The maximum atomic E-state index is 11.9. The maximum Gasteiger partial charge on any atom is 0.256 e. The third-order valence-corrected chi connectivity index (χ3v) is 3.20. The summed E-state index contributed by atoms with van der Waals surface area (Å²) < 4.78 is 4.97. The SMILES string of the molecule is Cc1noc(C)c1C(=O)NCC[C@@H]1CCCN1. The Kier molecular flexibility index (Phi) is 3.78. The van der Waals surface area contributed by atoms with E-state index in [0.717, 1.165) is 13.0 Å². The number of rotatable bonds is 4. The van der Waals surface area contributed by atoms with Crippen LogP contribution in [0.3, 0.4) is 0 Å². The highest BCUT2D eigenvalue weighted by atomic mass is 16.5. The monoisotopic (exact) mass is 237 g/mol. The summed E-state index contributed by atoms with van der Waals surface area (Å²) in [7, 11) is 0. The van der Waals surface area contributed by atoms with Gasteiger partial charge in [-0.05, 0) is 39.7 Å². The van der Waals surface area contributed by atoms with E-state index >= 15 is 0 Å². The second-order valence-corrected chi connectivity index (χ2v) is 4.54. The van der Waals surface area contributed by atoms with Crippen molar-refractivity contribution in [1.82, 2.24) is 15.8 Å². The molecule has 1 fully saturated rings. The Morgan fingerprint density at radius 2 is 2.41 bits per heavy atom. The Hall–Kier alpha value is -1.36. The number of nitrogens with one attached hydrogen (secondary N) is 2. The standard InChI is InChI=1S/C12H19N3O2/c1-8-11(9(2)17-15-8)12(16)14-7-5-10-4-3-6-13-10/h10,13H,3-7H2,1-2H3,(H,14,16)/t10-/m0/s1. The fourth-order valence-corrected chi connectivity index (χ4v) is 2.26. The molecule has 0 aliphatic carbocycles. The Balaban J connectivity index is 1.81. The lowest BCUT2D eigenvalue weighted by Gasteiger charge is -2.10. The van der Waals surface area contributed by atoms with Crippen LogP contribution in [0.25, 0.3) is 0 Å². The van der Waals surface area contributed by atoms with Crippen molar-refractivity contribution in [2.75, 3.05) is 13.1 Å². The molecule has 2 rings (SSSR count). The summed E-state index contributed by atoms with van der Waals surface area (Å²) >= 11 is 0. The van der Waals surface area contributed by atoms with Gasteiger partial charge in [0.2, 0.25) is 0 Å². The van der Waals surface area contributed by atoms with E-state index in [9.17, 15) is 4.79 Å². The Morgan fingerprint density at radius 3 is 3.00 bits per heavy atom. The first kappa shape index (κ1) is 12.1. The predicted octanol–water partition coefficient (Wildman–Crippen LogP) is 1.16. The summed E-state index contributed by atoms with van der Waals surface area (Å²) in [6.07, 6.45) is 3.43. The highest BCUT2D eigenvalue weighted by molar-refractivity contribution is 5.96. The summed E-state index contributed by atoms with van der Waals surface area (Å²) in [5.41, 5.74) is 1.23. The minimum Gasteiger partial charge on any atom is -0.361 e. The molecular weight excluding hydrogens is 218 g/mol. The molecule has 1 amide bonds. The van der Waals surface area contributed by atoms with Crippen LogP contribution >= 0.6 is 0 Å². The molecule has 5 heteroatoms. The van der Waals surface area contributed by atoms with E-state index in [0.29, 0.717) is 29.6 Å². The van der Waals surface area contributed by atoms with Crippen molar-refractivity contribution in [1.29, 1.82) is 0 Å². The number of carbonyl (C=O) groups is 1. The Morgan fingerprint density at radius 1 is 1.59 bits per heavy atom. The van der Waals surface area contributed by atoms with Crippen molar-refractivity contribution in [3.63, 3.8) is 0 Å². The van der Waals surface area contributed by atoms with Gasteiger partial charge in [-0.15, -0.1) is 0 Å². The van der Waals surface area contributed by atoms with E-state index in [4.69, 9.17) is 4.52 Å². The smallest absolute Gasteiger partial charge is 0.256 e. The molecule has 0 aromatic carbocycles. The molecule has 0 unspecified atom stereocenters. The van der Waals surface area contributed by atoms with E-state index < -0.39 is 0 Å². The van der Waals surface area contributed by atoms with Gasteiger partial charge in [0, 0.05) is 12.6 Å². The van der Waals surface area contributed by atoms with E-state index in [1.54, 1.807) is 13.8 Å². The van der Waals surface area contributed by atoms with E-state index in [1.807, 2.05) is 0 Å². The normalized spacial score (nSPS) is 19.5. The van der Waals surface area contributed by atoms with Gasteiger partial charge >= 0.3 is 0 Å². The molecule has 0 radical (unpaired) electrons. The van der Waals surface area contributed by atoms with Crippen molar-refractivity contribution in [3.05, 3.63) is 17.0 Å². The van der Waals surface area contributed by atoms with Crippen LogP contribution in [0.15, 0.2) is 4.52 Å². The predicted molar refractivity (Wildman–Crippen MR) is 64.0 cm³/mol. The van der Waals surface area contributed by atoms with Gasteiger partial charge in [-0.3, -0.25) is 4.79 Å². The second-order valence-electron chi connectivity index (χ2n) is 4.54. The average Bonchev–Trinajstić information content (AvgIpc) is 2.89. The lowest BCUT2D eigenvalue weighted by atomic mass is 10.1. The molecule has 1 atom stereocenters. The van der Waals surface area contributed by atoms with Crippen molar-refractivity contribution in [3.8, 4) is 0 Å². The molecule has 2 heterocycles. The van der Waals surface area contributed by atoms with Crippen molar-refractivity contribution in [2.45, 2.75) is 39.2 Å². The summed E-state index contributed by atoms with van der Waals surface area (Å²) in [6, 6.07) is 0.556. The number of aryl methyl sites for hydroxylation is 2. The Labute approximate surface area is 101 Å². The molecule has 0 bridgehead atoms. The second kappa shape index (κ2) is 5.31. The third-order valence-electron chi connectivity index (χ3n) is 3.20. The van der Waals surface area contributed by atoms with E-state index in [-0.39, 0.29) is 5.91 Å². The molecule has 1 aromatic rings. The number of amides is 1. The van der Waals surface area contributed by atoms with Crippen LogP contribution in [0, 0.1) is 13.8 Å². The van der Waals surface area contributed by atoms with E-state index in [1.165, 1.54) is 12.8 Å². The van der Waals surface area contributed by atoms with Gasteiger partial charge in [-0.1, -0.05) is 5.16 Å². The van der Waals surface area contributed by atoms with Crippen LogP contribution in [0.4, 0.5) is 0 Å². The van der Waals surface area contributed by atoms with Crippen LogP contribution in [0.2, 0.25) is 0 Å². The highest BCUT2D eigenvalue weighted by Crippen LogP contribution is 2.12. The molecule has 1 aliphatic rings. The summed E-state index contributed by atoms with van der Waals surface area (Å²) in [6.45, 7) is 5.33. The average molecular weight is 237 g/mol. The topological polar surface area (TPSA) is 67.2 Å². The molecule has 1 aliphatic heterocycles. The molecular formula is C12H19N3O2. The van der Waals surface area contributed by atoms with Gasteiger partial charge in [0.25, 0.3) is 5.91 Å². The first-order valence-corrected chi connectivity index (χ1v) is 6.13. The largest absolute Gasteiger partial charge is 0.361 e. The zero-order chi connectivity index (χ0) is 12.3. The van der Waals surface area contributed by atoms with Gasteiger partial charge in [-0.25, -0.2) is 0 Å². The first-order chi connectivity index (χ1) is 8.18. The van der Waals surface area contributed by atoms with Crippen LogP contribution < -0.4 is 10.6 Å². The summed E-state index contributed by atoms with van der Waals surface area (Å²) in [5, 5.41) is 10.1. The van der Waals surface area contributed by atoms with Crippen molar-refractivity contribution >= 4 is 5.91 Å². The molecule has 17 heavy (non-hydrogen) atoms. The number of carbonyl (C=O) groups excluding carboxylic acids is 1. The van der Waals surface area contributed by atoms with Crippen LogP contribution in [0.1, 0.15) is 41.1 Å². The molecule has 0 saturated carbocycles. The third kappa shape index (κ3) is 2.85. The zero-order valence-electron chi connectivity index (χ0n) is 10.4. The van der Waals surface area contributed by atoms with Gasteiger partial charge in [-0.2, -0.15) is 0 Å². The van der Waals surface area contributed by atoms with Gasteiger partial charge in [0.15, 0.2) is 0 Å². The van der Waals surface area contributed by atoms with E-state index in [2.05, 4.69) is 15.8 Å². The number of hydrogen-bond acceptors (Lipinski definition) is 4. The number of hydrogen-bond donors (Lipinski definition) is 2. The van der Waals surface area contributed by atoms with Crippen LogP contribution in [0.5, 0.6) is 0 Å². The van der Waals surface area contributed by atoms with Crippen molar-refractivity contribution < 1.29 is 9.32 Å². The highest BCUT2D eigenvalue weighted by Gasteiger charge is 2.18. The van der Waals surface area contributed by atoms with Gasteiger partial charge in [0.05, 0.1) is 5.69 Å². The summed E-state index contributed by atoms with van der Waals surface area (Å²) in [5.74, 6) is 0.498. The molecule has 94 valence electrons. The Bertz CT molecular complexity index is 375. The van der Waals surface area contributed by atoms with Crippen molar-refractivity contribution in [2.24, 2.45) is 0 Å². The lowest BCUT2D eigenvalue weighted by Crippen LogP contribution is -2.31. The minimum absolute atomic E-state index is 0.0840. The number of aromatic nitrogens is 1. The minimum atomic E-state index is -0.0840. The lowest BCUT2D eigenvalue weighted by molar-refractivity contribution is 0.0950. The summed E-state index contributed by atoms with van der Waals surface area (Å²) in [4.78, 5) is 11.9. The molecule has 1 saturated heterocycles. The quantitative estimate of drug-likeness (QED) is 0.824. The first-order valence-electron chi connectivity index (χ1n) is 6.13. The fraction of sp³-hybridized carbons (Fsp3) is 0.667. The zero-order valence-corrected chi connectivity index (χ0v) is 10.4. The fourth-order valence-electron chi connectivity index (χ4n) is 2.26. The van der Waals surface area contributed by atoms with Gasteiger partial charge < -0.3 is 15.2 Å².